The highest BCUT2D eigenvalue weighted by atomic mass is 32.2. The lowest BCUT2D eigenvalue weighted by atomic mass is 10.1. The Morgan fingerprint density at radius 3 is 2.50 bits per heavy atom. The van der Waals surface area contributed by atoms with Gasteiger partial charge in [0.2, 0.25) is 5.91 Å². The second-order valence-corrected chi connectivity index (χ2v) is 8.35. The zero-order chi connectivity index (χ0) is 21.1. The summed E-state index contributed by atoms with van der Waals surface area (Å²) in [5.74, 6) is 0.173. The van der Waals surface area contributed by atoms with Crippen LogP contribution < -0.4 is 4.90 Å². The van der Waals surface area contributed by atoms with Crippen LogP contribution in [0.3, 0.4) is 0 Å². The number of rotatable bonds is 5. The smallest absolute Gasteiger partial charge is 0.233 e. The molecule has 4 rings (SSSR count). The predicted octanol–water partition coefficient (Wildman–Crippen LogP) is 3.46. The molecule has 1 aliphatic rings. The van der Waals surface area contributed by atoms with Crippen molar-refractivity contribution in [2.45, 2.75) is 19.0 Å². The summed E-state index contributed by atoms with van der Waals surface area (Å²) in [7, 11) is 0. The first-order valence-corrected chi connectivity index (χ1v) is 10.9. The summed E-state index contributed by atoms with van der Waals surface area (Å²) in [5, 5.41) is 8.94. The molecule has 0 unspecified atom stereocenters. The van der Waals surface area contributed by atoms with Gasteiger partial charge in [-0.2, -0.15) is 0 Å². The number of aromatic nitrogens is 3. The molecule has 1 fully saturated rings. The molecule has 0 radical (unpaired) electrons. The molecule has 1 aliphatic heterocycles. The lowest BCUT2D eigenvalue weighted by molar-refractivity contribution is -0.128. The summed E-state index contributed by atoms with van der Waals surface area (Å²) in [4.78, 5) is 16.8. The number of anilines is 1. The molecule has 2 heterocycles. The summed E-state index contributed by atoms with van der Waals surface area (Å²) in [6, 6.07) is 12.7. The van der Waals surface area contributed by atoms with Gasteiger partial charge in [0, 0.05) is 31.9 Å². The van der Waals surface area contributed by atoms with Crippen molar-refractivity contribution in [1.82, 2.24) is 19.7 Å². The van der Waals surface area contributed by atoms with Crippen molar-refractivity contribution in [1.29, 1.82) is 0 Å². The molecule has 1 aromatic heterocycles. The maximum atomic E-state index is 13.1. The first-order chi connectivity index (χ1) is 14.5. The Morgan fingerprint density at radius 2 is 1.80 bits per heavy atom. The first-order valence-electron chi connectivity index (χ1n) is 9.90. The van der Waals surface area contributed by atoms with E-state index in [0.717, 1.165) is 30.0 Å². The van der Waals surface area contributed by atoms with E-state index in [-0.39, 0.29) is 11.7 Å². The van der Waals surface area contributed by atoms with E-state index in [1.165, 1.54) is 29.5 Å². The Hall–Kier alpha value is -2.87. The summed E-state index contributed by atoms with van der Waals surface area (Å²) >= 11 is 1.40. The summed E-state index contributed by atoms with van der Waals surface area (Å²) in [6.07, 6.45) is 1.69. The van der Waals surface area contributed by atoms with Gasteiger partial charge in [-0.15, -0.1) is 10.2 Å². The minimum Gasteiger partial charge on any atom is -0.368 e. The number of carbonyl (C=O) groups is 1. The molecule has 0 saturated carbocycles. The van der Waals surface area contributed by atoms with Crippen molar-refractivity contribution in [3.05, 3.63) is 65.7 Å². The van der Waals surface area contributed by atoms with Crippen molar-refractivity contribution in [3.63, 3.8) is 0 Å². The molecule has 156 valence electrons. The van der Waals surface area contributed by atoms with Crippen LogP contribution in [-0.4, -0.2) is 57.5 Å². The van der Waals surface area contributed by atoms with Crippen LogP contribution in [0.1, 0.15) is 11.1 Å². The van der Waals surface area contributed by atoms with Crippen molar-refractivity contribution in [2.75, 3.05) is 36.8 Å². The van der Waals surface area contributed by atoms with Gasteiger partial charge >= 0.3 is 0 Å². The molecule has 0 atom stereocenters. The highest BCUT2D eigenvalue weighted by Gasteiger charge is 2.22. The molecule has 0 spiro atoms. The van der Waals surface area contributed by atoms with Crippen LogP contribution in [0.15, 0.2) is 53.9 Å². The number of halogens is 1. The molecule has 0 aliphatic carbocycles. The minimum atomic E-state index is -0.238. The molecule has 0 N–H and O–H groups in total. The van der Waals surface area contributed by atoms with Crippen molar-refractivity contribution in [2.24, 2.45) is 0 Å². The molecule has 30 heavy (non-hydrogen) atoms. The van der Waals surface area contributed by atoms with Gasteiger partial charge in [-0.1, -0.05) is 29.5 Å². The third kappa shape index (κ3) is 4.48. The predicted molar refractivity (Wildman–Crippen MR) is 117 cm³/mol. The van der Waals surface area contributed by atoms with E-state index in [0.29, 0.717) is 24.0 Å². The standard InChI is InChI=1S/C22H24FN5OS/c1-16-3-8-20(17(2)13-16)28-15-24-25-22(28)30-14-21(29)27-11-9-26(10-12-27)19-6-4-18(23)5-7-19/h3-8,13,15H,9-12,14H2,1-2H3. The molecule has 3 aromatic rings. The number of hydrogen-bond acceptors (Lipinski definition) is 5. The van der Waals surface area contributed by atoms with E-state index in [4.69, 9.17) is 0 Å². The largest absolute Gasteiger partial charge is 0.368 e. The molecule has 6 nitrogen and oxygen atoms in total. The van der Waals surface area contributed by atoms with Crippen LogP contribution in [0.2, 0.25) is 0 Å². The van der Waals surface area contributed by atoms with Crippen LogP contribution in [-0.2, 0) is 4.79 Å². The van der Waals surface area contributed by atoms with Gasteiger partial charge in [0.15, 0.2) is 5.16 Å². The Bertz CT molecular complexity index is 1030. The van der Waals surface area contributed by atoms with Crippen LogP contribution in [0.5, 0.6) is 0 Å². The fourth-order valence-corrected chi connectivity index (χ4v) is 4.47. The van der Waals surface area contributed by atoms with E-state index in [2.05, 4.69) is 47.1 Å². The zero-order valence-corrected chi connectivity index (χ0v) is 17.9. The fraction of sp³-hybridized carbons (Fsp3) is 0.318. The average Bonchev–Trinajstić information content (AvgIpc) is 3.21. The number of amides is 1. The fourth-order valence-electron chi connectivity index (χ4n) is 3.65. The van der Waals surface area contributed by atoms with Crippen LogP contribution in [0.4, 0.5) is 10.1 Å². The van der Waals surface area contributed by atoms with Gasteiger partial charge in [-0.3, -0.25) is 9.36 Å². The highest BCUT2D eigenvalue weighted by molar-refractivity contribution is 7.99. The van der Waals surface area contributed by atoms with Crippen LogP contribution in [0, 0.1) is 19.7 Å². The van der Waals surface area contributed by atoms with Crippen molar-refractivity contribution < 1.29 is 9.18 Å². The van der Waals surface area contributed by atoms with E-state index in [1.807, 2.05) is 9.47 Å². The Morgan fingerprint density at radius 1 is 1.07 bits per heavy atom. The monoisotopic (exact) mass is 425 g/mol. The third-order valence-electron chi connectivity index (χ3n) is 5.28. The van der Waals surface area contributed by atoms with Gasteiger partial charge in [0.25, 0.3) is 0 Å². The first kappa shape index (κ1) is 20.4. The average molecular weight is 426 g/mol. The number of piperazine rings is 1. The lowest BCUT2D eigenvalue weighted by Crippen LogP contribution is -2.49. The number of thioether (sulfide) groups is 1. The third-order valence-corrected chi connectivity index (χ3v) is 6.21. The van der Waals surface area contributed by atoms with Crippen molar-refractivity contribution >= 4 is 23.4 Å². The van der Waals surface area contributed by atoms with E-state index >= 15 is 0 Å². The quantitative estimate of drug-likeness (QED) is 0.586. The van der Waals surface area contributed by atoms with Crippen molar-refractivity contribution in [3.8, 4) is 5.69 Å². The van der Waals surface area contributed by atoms with E-state index in [1.54, 1.807) is 18.5 Å². The Balaban J connectivity index is 1.34. The van der Waals surface area contributed by atoms with E-state index < -0.39 is 0 Å². The van der Waals surface area contributed by atoms with Gasteiger partial charge in [-0.05, 0) is 49.7 Å². The van der Waals surface area contributed by atoms with Crippen LogP contribution >= 0.6 is 11.8 Å². The number of aryl methyl sites for hydroxylation is 2. The molecule has 1 amide bonds. The highest BCUT2D eigenvalue weighted by Crippen LogP contribution is 2.23. The number of benzene rings is 2. The summed E-state index contributed by atoms with van der Waals surface area (Å²) in [6.45, 7) is 6.90. The SMILES string of the molecule is Cc1ccc(-n2cnnc2SCC(=O)N2CCN(c3ccc(F)cc3)CC2)c(C)c1. The van der Waals surface area contributed by atoms with Gasteiger partial charge in [0.1, 0.15) is 12.1 Å². The Labute approximate surface area is 179 Å². The molecule has 0 bridgehead atoms. The van der Waals surface area contributed by atoms with Gasteiger partial charge < -0.3 is 9.80 Å². The normalized spacial score (nSPS) is 14.2. The molecular weight excluding hydrogens is 401 g/mol. The maximum Gasteiger partial charge on any atom is 0.233 e. The molecule has 2 aromatic carbocycles. The Kier molecular flexibility index (Phi) is 6.03. The van der Waals surface area contributed by atoms with Crippen LogP contribution in [0.25, 0.3) is 5.69 Å². The molecule has 8 heteroatoms. The van der Waals surface area contributed by atoms with Gasteiger partial charge in [0.05, 0.1) is 11.4 Å². The molecular formula is C22H24FN5OS. The second-order valence-electron chi connectivity index (χ2n) is 7.41. The topological polar surface area (TPSA) is 54.3 Å². The number of carbonyl (C=O) groups excluding carboxylic acids is 1. The maximum absolute atomic E-state index is 13.1. The van der Waals surface area contributed by atoms with Gasteiger partial charge in [-0.25, -0.2) is 4.39 Å². The lowest BCUT2D eigenvalue weighted by Gasteiger charge is -2.36. The summed E-state index contributed by atoms with van der Waals surface area (Å²) in [5.41, 5.74) is 4.35. The number of hydrogen-bond donors (Lipinski definition) is 0. The van der Waals surface area contributed by atoms with E-state index in [9.17, 15) is 9.18 Å². The second kappa shape index (κ2) is 8.87. The molecule has 1 saturated heterocycles. The zero-order valence-electron chi connectivity index (χ0n) is 17.1. The minimum absolute atomic E-state index is 0.0916. The number of nitrogens with zero attached hydrogens (tertiary/aromatic N) is 5. The summed E-state index contributed by atoms with van der Waals surface area (Å²) < 4.78 is 15.0.